The zero-order valence-electron chi connectivity index (χ0n) is 19.1. The van der Waals surface area contributed by atoms with Crippen molar-refractivity contribution >= 4 is 64.4 Å². The Morgan fingerprint density at radius 3 is 2.57 bits per heavy atom. The van der Waals surface area contributed by atoms with Gasteiger partial charge in [0.1, 0.15) is 0 Å². The van der Waals surface area contributed by atoms with E-state index in [1.807, 2.05) is 0 Å². The number of benzene rings is 3. The Morgan fingerprint density at radius 1 is 1.03 bits per heavy atom. The van der Waals surface area contributed by atoms with E-state index in [0.717, 1.165) is 6.07 Å². The van der Waals surface area contributed by atoms with Gasteiger partial charge in [-0.15, -0.1) is 0 Å². The normalized spacial score (nSPS) is 12.4. The number of halogens is 3. The van der Waals surface area contributed by atoms with Crippen LogP contribution in [0.2, 0.25) is 5.02 Å². The molecule has 5 rings (SSSR count). The summed E-state index contributed by atoms with van der Waals surface area (Å²) in [6.07, 6.45) is 0. The van der Waals surface area contributed by atoms with Gasteiger partial charge in [0.2, 0.25) is 0 Å². The van der Waals surface area contributed by atoms with E-state index in [0.29, 0.717) is 31.7 Å². The van der Waals surface area contributed by atoms with Gasteiger partial charge in [-0.1, -0.05) is 0 Å². The van der Waals surface area contributed by atoms with Crippen molar-refractivity contribution in [2.24, 2.45) is 0 Å². The van der Waals surface area contributed by atoms with Crippen LogP contribution in [-0.4, -0.2) is 30.5 Å². The number of fused-ring (bicyclic) bond motifs is 1. The Kier molecular flexibility index (Phi) is 6.66. The number of nitrogens with one attached hydrogen (secondary N) is 3. The van der Waals surface area contributed by atoms with Crippen LogP contribution in [-0.2, 0) is 0 Å². The minimum absolute atomic E-state index is 0.0151. The zero-order valence-corrected chi connectivity index (χ0v) is 21.7. The first kappa shape index (κ1) is 24.9. The Bertz CT molecular complexity index is 1750. The fourth-order valence-electron chi connectivity index (χ4n) is 3.89. The number of anilines is 3. The molecule has 11 heteroatoms. The molecule has 1 atom stereocenters. The van der Waals surface area contributed by atoms with Gasteiger partial charge in [0, 0.05) is 0 Å². The molecule has 1 heterocycles. The van der Waals surface area contributed by atoms with Gasteiger partial charge in [-0.2, -0.15) is 0 Å². The molecule has 1 radical (unpaired) electrons. The number of hydrogen-bond acceptors (Lipinski definition) is 6. The van der Waals surface area contributed by atoms with E-state index in [2.05, 4.69) is 20.8 Å². The maximum absolute atomic E-state index is 14.2. The summed E-state index contributed by atoms with van der Waals surface area (Å²) in [5.41, 5.74) is 0.166. The summed E-state index contributed by atoms with van der Waals surface area (Å²) < 4.78 is 28.4. The Labute approximate surface area is 220 Å². The maximum atomic E-state index is 14.2. The first-order valence-corrected chi connectivity index (χ1v) is 13.3. The average Bonchev–Trinajstić information content (AvgIpc) is 3.29. The Hall–Kier alpha value is -3.81. The third kappa shape index (κ3) is 4.80. The fraction of sp³-hybridized carbons (Fsp3) is 0.0769. The fourth-order valence-corrected chi connectivity index (χ4v) is 5.91. The average molecular weight is 582 g/mol. The SMILES string of the molecule is C[C@@H](Nc1c(Nc2ccc3n[nH]c([As]C(=O)c4cccc(Cl)c4)c3c2)c(=O)c1=O)c1cccc(F)c1F. The summed E-state index contributed by atoms with van der Waals surface area (Å²) in [4.78, 5) is 37.3. The second kappa shape index (κ2) is 9.92. The van der Waals surface area contributed by atoms with Gasteiger partial charge >= 0.3 is 210 Å². The molecular weight excluding hydrogens is 565 g/mol. The van der Waals surface area contributed by atoms with Crippen LogP contribution in [0.15, 0.2) is 70.3 Å². The summed E-state index contributed by atoms with van der Waals surface area (Å²) >= 11 is 5.04. The van der Waals surface area contributed by atoms with Crippen molar-refractivity contribution in [1.29, 1.82) is 0 Å². The molecule has 0 saturated heterocycles. The number of carbonyl (C=O) groups excluding carboxylic acids is 1. The summed E-state index contributed by atoms with van der Waals surface area (Å²) in [5.74, 6) is -2.03. The van der Waals surface area contributed by atoms with Gasteiger partial charge < -0.3 is 0 Å². The van der Waals surface area contributed by atoms with Crippen LogP contribution in [0.4, 0.5) is 25.8 Å². The third-order valence-corrected chi connectivity index (χ3v) is 8.19. The van der Waals surface area contributed by atoms with Crippen LogP contribution in [0, 0.1) is 11.6 Å². The van der Waals surface area contributed by atoms with E-state index >= 15 is 0 Å². The molecule has 0 bridgehead atoms. The predicted octanol–water partition coefficient (Wildman–Crippen LogP) is 4.18. The van der Waals surface area contributed by atoms with Crippen LogP contribution in [0.1, 0.15) is 28.9 Å². The van der Waals surface area contributed by atoms with E-state index in [-0.39, 0.29) is 21.5 Å². The predicted molar refractivity (Wildman–Crippen MR) is 140 cm³/mol. The van der Waals surface area contributed by atoms with Crippen molar-refractivity contribution in [3.8, 4) is 0 Å². The molecule has 0 amide bonds. The first-order valence-electron chi connectivity index (χ1n) is 11.0. The quantitative estimate of drug-likeness (QED) is 0.188. The van der Waals surface area contributed by atoms with Crippen LogP contribution in [0.25, 0.3) is 10.9 Å². The van der Waals surface area contributed by atoms with Crippen molar-refractivity contribution in [2.75, 3.05) is 10.6 Å². The van der Waals surface area contributed by atoms with E-state index in [9.17, 15) is 23.2 Å². The number of H-pyrrole nitrogens is 1. The monoisotopic (exact) mass is 581 g/mol. The molecule has 185 valence electrons. The van der Waals surface area contributed by atoms with Crippen molar-refractivity contribution in [3.63, 3.8) is 0 Å². The van der Waals surface area contributed by atoms with Crippen LogP contribution >= 0.6 is 11.6 Å². The second-order valence-corrected chi connectivity index (χ2v) is 11.0. The van der Waals surface area contributed by atoms with Gasteiger partial charge in [0.05, 0.1) is 0 Å². The standard InChI is InChI=1S/C26H17AsClF2N4O3/c1-12(16-6-3-7-18(29)20(16)30)31-21-22(24(36)23(21)35)32-15-8-9-19-17(11-15)25(34-33-19)27-26(37)13-4-2-5-14(28)10-13/h2-12,31-32H,1H3,(H,33,34)/t12-/m1/s1. The van der Waals surface area contributed by atoms with Gasteiger partial charge in [-0.05, 0) is 6.07 Å². The zero-order chi connectivity index (χ0) is 26.3. The van der Waals surface area contributed by atoms with Gasteiger partial charge in [-0.25, -0.2) is 4.39 Å². The molecule has 7 nitrogen and oxygen atoms in total. The number of hydrogen-bond donors (Lipinski definition) is 3. The molecule has 5 aromatic rings. The van der Waals surface area contributed by atoms with E-state index < -0.39 is 44.3 Å². The van der Waals surface area contributed by atoms with Gasteiger partial charge in [0.25, 0.3) is 0 Å². The first-order chi connectivity index (χ1) is 17.7. The summed E-state index contributed by atoms with van der Waals surface area (Å²) in [7, 11) is 0. The van der Waals surface area contributed by atoms with Gasteiger partial charge in [0.15, 0.2) is 0 Å². The molecule has 37 heavy (non-hydrogen) atoms. The summed E-state index contributed by atoms with van der Waals surface area (Å²) in [5, 5.41) is 14.1. The Morgan fingerprint density at radius 2 is 1.78 bits per heavy atom. The molecule has 3 N–H and O–H groups in total. The van der Waals surface area contributed by atoms with Crippen LogP contribution in [0.5, 0.6) is 0 Å². The minimum atomic E-state index is -1.02. The van der Waals surface area contributed by atoms with Gasteiger partial charge in [-0.3, -0.25) is 0 Å². The molecule has 0 saturated carbocycles. The number of carbonyl (C=O) groups is 1. The number of nitrogens with zero attached hydrogens (tertiary/aromatic N) is 1. The Balaban J connectivity index is 1.39. The van der Waals surface area contributed by atoms with E-state index in [1.165, 1.54) is 12.1 Å². The molecular formula is C26H17AsClF2N4O3. The summed E-state index contributed by atoms with van der Waals surface area (Å²) in [6, 6.07) is 14.8. The van der Waals surface area contributed by atoms with E-state index in [4.69, 9.17) is 11.6 Å². The van der Waals surface area contributed by atoms with Crippen molar-refractivity contribution in [2.45, 2.75) is 13.0 Å². The number of rotatable bonds is 8. The molecule has 1 aromatic heterocycles. The number of aromatic nitrogens is 2. The number of aromatic amines is 1. The molecule has 0 aliphatic heterocycles. The topological polar surface area (TPSA) is 104 Å². The summed E-state index contributed by atoms with van der Waals surface area (Å²) in [6.45, 7) is 1.56. The van der Waals surface area contributed by atoms with Crippen molar-refractivity contribution in [3.05, 3.63) is 109 Å². The van der Waals surface area contributed by atoms with E-state index in [1.54, 1.807) is 49.4 Å². The molecule has 0 unspecified atom stereocenters. The molecule has 0 fully saturated rings. The van der Waals surface area contributed by atoms with Crippen molar-refractivity contribution in [1.82, 2.24) is 10.2 Å². The molecule has 4 aromatic carbocycles. The molecule has 0 aliphatic carbocycles. The third-order valence-electron chi connectivity index (χ3n) is 5.81. The second-order valence-electron chi connectivity index (χ2n) is 8.27. The van der Waals surface area contributed by atoms with Crippen molar-refractivity contribution < 1.29 is 13.6 Å². The molecule has 0 spiro atoms. The van der Waals surface area contributed by atoms with Crippen LogP contribution in [0.3, 0.4) is 0 Å². The van der Waals surface area contributed by atoms with Crippen LogP contribution < -0.4 is 26.0 Å². The molecule has 0 aliphatic rings.